The van der Waals surface area contributed by atoms with E-state index in [4.69, 9.17) is 28.7 Å². The minimum Gasteiger partial charge on any atom is -0.481 e. The lowest BCUT2D eigenvalue weighted by Gasteiger charge is -2.28. The Morgan fingerprint density at radius 3 is 1.49 bits per heavy atom. The maximum atomic E-state index is 13.7. The maximum absolute atomic E-state index is 13.7. The quantitative estimate of drug-likeness (QED) is 0.0120. The van der Waals surface area contributed by atoms with Crippen LogP contribution in [-0.2, 0) is 57.5 Å². The molecule has 0 aliphatic heterocycles. The predicted octanol–water partition coefficient (Wildman–Crippen LogP) is -8.54. The van der Waals surface area contributed by atoms with E-state index >= 15 is 0 Å². The van der Waals surface area contributed by atoms with Crippen LogP contribution in [0.1, 0.15) is 72.1 Å². The van der Waals surface area contributed by atoms with Gasteiger partial charge in [0.05, 0.1) is 32.2 Å². The van der Waals surface area contributed by atoms with Gasteiger partial charge in [-0.3, -0.25) is 62.7 Å². The van der Waals surface area contributed by atoms with Crippen LogP contribution in [0.3, 0.4) is 0 Å². The van der Waals surface area contributed by atoms with Crippen molar-refractivity contribution in [3.63, 3.8) is 0 Å². The zero-order chi connectivity index (χ0) is 56.0. The van der Waals surface area contributed by atoms with Gasteiger partial charge in [0, 0.05) is 25.3 Å². The fourth-order valence-electron chi connectivity index (χ4n) is 5.98. The fourth-order valence-corrected chi connectivity index (χ4v) is 6.14. The van der Waals surface area contributed by atoms with Crippen molar-refractivity contribution in [2.45, 2.75) is 120 Å². The first kappa shape index (κ1) is 65.5. The molecule has 0 radical (unpaired) electrons. The van der Waals surface area contributed by atoms with Crippen molar-refractivity contribution in [3.05, 3.63) is 0 Å². The van der Waals surface area contributed by atoms with Gasteiger partial charge in [-0.05, 0) is 44.9 Å². The molecule has 0 aromatic rings. The molecule has 32 nitrogen and oxygen atoms in total. The first-order valence-electron chi connectivity index (χ1n) is 22.6. The molecule has 23 N–H and O–H groups in total. The van der Waals surface area contributed by atoms with E-state index in [1.807, 2.05) is 0 Å². The second-order valence-corrected chi connectivity index (χ2v) is 16.6. The number of carboxylic acids is 3. The summed E-state index contributed by atoms with van der Waals surface area (Å²) in [7, 11) is 0. The minimum atomic E-state index is -1.94. The lowest BCUT2D eigenvalue weighted by atomic mass is 9.97. The number of nitrogens with two attached hydrogens (primary N) is 5. The summed E-state index contributed by atoms with van der Waals surface area (Å²) in [5.41, 5.74) is 26.8. The minimum absolute atomic E-state index is 0.00304. The number of aliphatic hydroxyl groups excluding tert-OH is 1. The van der Waals surface area contributed by atoms with Gasteiger partial charge in [-0.25, -0.2) is 4.79 Å². The van der Waals surface area contributed by atoms with Gasteiger partial charge in [-0.15, -0.1) is 0 Å². The third-order valence-corrected chi connectivity index (χ3v) is 10.6. The van der Waals surface area contributed by atoms with Crippen LogP contribution in [0.2, 0.25) is 0 Å². The number of hydrogen-bond acceptors (Lipinski definition) is 17. The average Bonchev–Trinajstić information content (AvgIpc) is 3.32. The number of carbonyl (C=O) groups excluding carboxylic acids is 9. The number of nitrogens with zero attached hydrogens (tertiary/aromatic N) is 2. The van der Waals surface area contributed by atoms with Crippen molar-refractivity contribution >= 4 is 95.6 Å². The number of aliphatic hydroxyl groups is 1. The number of carbonyl (C=O) groups is 12. The topological polar surface area (TPSA) is 549 Å². The summed E-state index contributed by atoms with van der Waals surface area (Å²) in [6, 6.07) is -12.3. The number of amides is 9. The second kappa shape index (κ2) is 34.7. The number of guanidine groups is 2. The van der Waals surface area contributed by atoms with Crippen LogP contribution in [0.15, 0.2) is 9.98 Å². The summed E-state index contributed by atoms with van der Waals surface area (Å²) in [5.74, 6) is -14.8. The predicted molar refractivity (Wildman–Crippen MR) is 260 cm³/mol. The van der Waals surface area contributed by atoms with Gasteiger partial charge < -0.3 is 96.9 Å². The van der Waals surface area contributed by atoms with Gasteiger partial charge in [-0.2, -0.15) is 12.6 Å². The van der Waals surface area contributed by atoms with Crippen molar-refractivity contribution in [2.24, 2.45) is 44.6 Å². The van der Waals surface area contributed by atoms with E-state index in [2.05, 4.69) is 70.5 Å². The Kier molecular flexibility index (Phi) is 31.1. The van der Waals surface area contributed by atoms with Gasteiger partial charge in [0.2, 0.25) is 53.2 Å². The number of hydrogen-bond donors (Lipinski definition) is 19. The summed E-state index contributed by atoms with van der Waals surface area (Å²) in [6.07, 6.45) is -2.14. The van der Waals surface area contributed by atoms with E-state index < -0.39 is 164 Å². The first-order valence-corrected chi connectivity index (χ1v) is 23.2. The molecule has 412 valence electrons. The number of aliphatic carboxylic acids is 3. The van der Waals surface area contributed by atoms with Crippen LogP contribution in [0.4, 0.5) is 0 Å². The van der Waals surface area contributed by atoms with Gasteiger partial charge >= 0.3 is 17.9 Å². The molecular formula is C40H70N16O16S. The molecule has 0 heterocycles. The zero-order valence-corrected chi connectivity index (χ0v) is 41.4. The van der Waals surface area contributed by atoms with E-state index in [1.54, 1.807) is 13.8 Å². The molecule has 33 heteroatoms. The van der Waals surface area contributed by atoms with Crippen LogP contribution in [-0.4, -0.2) is 190 Å². The van der Waals surface area contributed by atoms with Crippen molar-refractivity contribution < 1.29 is 78.0 Å². The third kappa shape index (κ3) is 27.6. The lowest BCUT2D eigenvalue weighted by Crippen LogP contribution is -2.60. The van der Waals surface area contributed by atoms with Gasteiger partial charge in [-0.1, -0.05) is 20.3 Å². The number of carboxylic acid groups (broad SMARTS) is 3. The van der Waals surface area contributed by atoms with Gasteiger partial charge in [0.25, 0.3) is 0 Å². The summed E-state index contributed by atoms with van der Waals surface area (Å²) in [5, 5.41) is 58.5. The molecule has 0 saturated heterocycles. The number of thiol groups is 1. The smallest absolute Gasteiger partial charge is 0.326 e. The number of aliphatic imine (C=N–C) groups is 2. The third-order valence-electron chi connectivity index (χ3n) is 10.2. The average molecular weight is 1060 g/mol. The zero-order valence-electron chi connectivity index (χ0n) is 40.5. The monoisotopic (exact) mass is 1060 g/mol. The molecule has 0 aliphatic carbocycles. The molecule has 0 unspecified atom stereocenters. The van der Waals surface area contributed by atoms with Crippen molar-refractivity contribution in [2.75, 3.05) is 38.5 Å². The van der Waals surface area contributed by atoms with Crippen LogP contribution in [0, 0.1) is 5.92 Å². The van der Waals surface area contributed by atoms with Crippen LogP contribution in [0.5, 0.6) is 0 Å². The van der Waals surface area contributed by atoms with Crippen LogP contribution in [0.25, 0.3) is 0 Å². The Balaban J connectivity index is 6.23. The summed E-state index contributed by atoms with van der Waals surface area (Å²) in [6.45, 7) is 1.86. The molecule has 0 bridgehead atoms. The summed E-state index contributed by atoms with van der Waals surface area (Å²) >= 11 is 3.87. The molecule has 73 heavy (non-hydrogen) atoms. The molecule has 0 aliphatic rings. The largest absolute Gasteiger partial charge is 0.481 e. The van der Waals surface area contributed by atoms with E-state index in [0.29, 0.717) is 0 Å². The highest BCUT2D eigenvalue weighted by molar-refractivity contribution is 7.80. The highest BCUT2D eigenvalue weighted by Gasteiger charge is 2.35. The van der Waals surface area contributed by atoms with Gasteiger partial charge in [0.1, 0.15) is 42.3 Å². The highest BCUT2D eigenvalue weighted by Crippen LogP contribution is 2.11. The van der Waals surface area contributed by atoms with E-state index in [0.717, 1.165) is 0 Å². The molecule has 0 rings (SSSR count). The van der Waals surface area contributed by atoms with Crippen LogP contribution < -0.4 is 76.5 Å². The lowest BCUT2D eigenvalue weighted by molar-refractivity contribution is -0.142. The Bertz CT molecular complexity index is 2000. The van der Waals surface area contributed by atoms with Crippen molar-refractivity contribution in [1.82, 2.24) is 47.9 Å². The molecule has 0 spiro atoms. The normalized spacial score (nSPS) is 14.4. The number of nitrogens with one attached hydrogen (secondary N) is 9. The molecule has 0 aromatic carbocycles. The SMILES string of the molecule is CC[C@H](C)[C@H](NC(=O)[C@H](C)NC(=O)[C@H](CCCN=C(N)N)NC(=O)[C@H](CC(=O)O)NC(=O)[C@H](CO)NC(=O)CNC(=O)[C@@H](N)CS)C(=O)N[C@@H](CCC(=O)O)C(=O)NCC(=O)N[C@@H](CCCN=C(N)N)C(=O)O. The Morgan fingerprint density at radius 1 is 0.548 bits per heavy atom. The first-order chi connectivity index (χ1) is 34.2. The Labute approximate surface area is 424 Å². The standard InChI is InChI=1S/C40H70N16O16S/c1-4-18(2)30(37(70)54-22(9-10-28(60)61)33(66)49-15-26(58)51-23(38(71)72)8-6-12-47-40(44)45)56-31(64)19(3)50-34(67)21(7-5-11-46-39(42)43)53-35(68)24(13-29(62)63)55-36(69)25(16-57)52-27(59)14-48-32(65)20(41)17-73/h18-25,30,57,73H,4-17,41H2,1-3H3,(H,48,65)(H,49,66)(H,50,67)(H,51,58)(H,52,59)(H,53,68)(H,54,70)(H,55,69)(H,56,64)(H,60,61)(H,62,63)(H,71,72)(H4,42,43,46)(H4,44,45,47)/t18-,19-,20-,21-,22-,23-,24-,25-,30-/m0/s1. The summed E-state index contributed by atoms with van der Waals surface area (Å²) in [4.78, 5) is 160. The summed E-state index contributed by atoms with van der Waals surface area (Å²) < 4.78 is 0. The molecule has 0 fully saturated rings. The second-order valence-electron chi connectivity index (χ2n) is 16.2. The molecular weight excluding hydrogens is 993 g/mol. The molecule has 9 atom stereocenters. The molecule has 9 amide bonds. The highest BCUT2D eigenvalue weighted by atomic mass is 32.1. The number of rotatable bonds is 36. The van der Waals surface area contributed by atoms with Crippen molar-refractivity contribution in [1.29, 1.82) is 0 Å². The van der Waals surface area contributed by atoms with Crippen LogP contribution >= 0.6 is 12.6 Å². The van der Waals surface area contributed by atoms with Crippen molar-refractivity contribution in [3.8, 4) is 0 Å². The fraction of sp³-hybridized carbons (Fsp3) is 0.650. The Hall–Kier alpha value is -7.55. The van der Waals surface area contributed by atoms with E-state index in [9.17, 15) is 78.0 Å². The van der Waals surface area contributed by atoms with E-state index in [1.165, 1.54) is 6.92 Å². The maximum Gasteiger partial charge on any atom is 0.326 e. The van der Waals surface area contributed by atoms with Gasteiger partial charge in [0.15, 0.2) is 11.9 Å². The molecule has 0 saturated carbocycles. The Morgan fingerprint density at radius 2 is 1.01 bits per heavy atom. The molecule has 0 aromatic heterocycles. The van der Waals surface area contributed by atoms with E-state index in [-0.39, 0.29) is 62.9 Å².